The molecule has 0 aliphatic rings. The Morgan fingerprint density at radius 1 is 1.05 bits per heavy atom. The van der Waals surface area contributed by atoms with Crippen LogP contribution in [0.3, 0.4) is 0 Å². The van der Waals surface area contributed by atoms with Crippen molar-refractivity contribution in [3.8, 4) is 29.1 Å². The van der Waals surface area contributed by atoms with Crippen LogP contribution in [0.4, 0.5) is 0 Å². The number of hydrogen-bond acceptors (Lipinski definition) is 8. The third kappa shape index (κ3) is 6.27. The van der Waals surface area contributed by atoms with E-state index < -0.39 is 7.60 Å². The van der Waals surface area contributed by atoms with Crippen molar-refractivity contribution in [2.45, 2.75) is 20.1 Å². The second kappa shape index (κ2) is 10.9. The zero-order valence-corrected chi connectivity index (χ0v) is 21.1. The van der Waals surface area contributed by atoms with Gasteiger partial charge in [-0.2, -0.15) is 0 Å². The van der Waals surface area contributed by atoms with Gasteiger partial charge in [0.2, 0.25) is 11.8 Å². The molecule has 0 saturated carbocycles. The molecule has 194 valence electrons. The molecule has 0 aliphatic carbocycles. The second-order valence-electron chi connectivity index (χ2n) is 8.16. The summed E-state index contributed by atoms with van der Waals surface area (Å²) in [6.45, 7) is 2.10. The van der Waals surface area contributed by atoms with E-state index in [0.717, 1.165) is 17.1 Å². The van der Waals surface area contributed by atoms with E-state index in [-0.39, 0.29) is 19.1 Å². The van der Waals surface area contributed by atoms with Crippen LogP contribution in [0.5, 0.6) is 11.8 Å². The first-order valence-electron chi connectivity index (χ1n) is 11.4. The number of pyridine rings is 1. The normalized spacial score (nSPS) is 11.8. The van der Waals surface area contributed by atoms with E-state index >= 15 is 0 Å². The maximum absolute atomic E-state index is 11.3. The summed E-state index contributed by atoms with van der Waals surface area (Å²) in [7, 11) is -4.35. The molecule has 38 heavy (non-hydrogen) atoms. The minimum absolute atomic E-state index is 0.130. The fourth-order valence-corrected chi connectivity index (χ4v) is 3.79. The van der Waals surface area contributed by atoms with Gasteiger partial charge in [0.1, 0.15) is 24.7 Å². The standard InChI is InChI=1S/C26H23N4O7P/c1-18-22(28-26(37-18)23-8-5-12-34-23)17-35-24-10-9-19(14-27-24)16-36-25-20(11-13-38(31,32)33)15-30(29-25)21-6-3-2-4-7-21/h2-15H,16-17H2,1H3,(H2,31,32,33). The Balaban J connectivity index is 1.24. The second-order valence-corrected chi connectivity index (χ2v) is 9.63. The molecule has 0 bridgehead atoms. The lowest BCUT2D eigenvalue weighted by Gasteiger charge is -2.07. The average molecular weight is 534 g/mol. The monoisotopic (exact) mass is 534 g/mol. The quantitative estimate of drug-likeness (QED) is 0.231. The van der Waals surface area contributed by atoms with Crippen molar-refractivity contribution >= 4 is 13.7 Å². The highest BCUT2D eigenvalue weighted by Crippen LogP contribution is 2.37. The molecule has 0 atom stereocenters. The number of aromatic nitrogens is 4. The van der Waals surface area contributed by atoms with Crippen molar-refractivity contribution in [3.05, 3.63) is 102 Å². The summed E-state index contributed by atoms with van der Waals surface area (Å²) in [4.78, 5) is 27.2. The molecule has 0 radical (unpaired) electrons. The number of nitrogens with zero attached hydrogens (tertiary/aromatic N) is 4. The Morgan fingerprint density at radius 3 is 2.61 bits per heavy atom. The van der Waals surface area contributed by atoms with Gasteiger partial charge < -0.3 is 28.1 Å². The Labute approximate surface area is 217 Å². The molecule has 11 nitrogen and oxygen atoms in total. The lowest BCUT2D eigenvalue weighted by molar-refractivity contribution is 0.282. The molecule has 0 unspecified atom stereocenters. The van der Waals surface area contributed by atoms with Crippen molar-refractivity contribution in [1.29, 1.82) is 0 Å². The van der Waals surface area contributed by atoms with E-state index in [4.69, 9.17) is 18.3 Å². The number of para-hydroxylation sites is 1. The molecule has 2 N–H and O–H groups in total. The molecule has 12 heteroatoms. The fraction of sp³-hybridized carbons (Fsp3) is 0.115. The first kappa shape index (κ1) is 25.2. The van der Waals surface area contributed by atoms with Gasteiger partial charge in [-0.1, -0.05) is 18.2 Å². The average Bonchev–Trinajstić information content (AvgIpc) is 3.66. The zero-order chi connectivity index (χ0) is 26.5. The van der Waals surface area contributed by atoms with Crippen LogP contribution < -0.4 is 9.47 Å². The Morgan fingerprint density at radius 2 is 1.89 bits per heavy atom. The van der Waals surface area contributed by atoms with Gasteiger partial charge in [-0.25, -0.2) is 14.6 Å². The van der Waals surface area contributed by atoms with Gasteiger partial charge in [-0.15, -0.1) is 5.10 Å². The summed E-state index contributed by atoms with van der Waals surface area (Å²) in [6.07, 6.45) is 6.09. The first-order valence-corrected chi connectivity index (χ1v) is 13.1. The number of ether oxygens (including phenoxy) is 2. The molecule has 0 saturated heterocycles. The van der Waals surface area contributed by atoms with Crippen LogP contribution in [-0.2, 0) is 17.8 Å². The molecule has 5 rings (SSSR count). The maximum atomic E-state index is 11.3. The van der Waals surface area contributed by atoms with E-state index in [1.807, 2.05) is 30.3 Å². The molecule has 0 fully saturated rings. The van der Waals surface area contributed by atoms with Crippen LogP contribution in [0, 0.1) is 6.92 Å². The molecule has 4 aromatic heterocycles. The molecule has 1 aromatic carbocycles. The highest BCUT2D eigenvalue weighted by molar-refractivity contribution is 7.55. The van der Waals surface area contributed by atoms with E-state index in [2.05, 4.69) is 15.1 Å². The third-order valence-electron chi connectivity index (χ3n) is 5.33. The topological polar surface area (TPSA) is 146 Å². The van der Waals surface area contributed by atoms with Crippen LogP contribution in [-0.4, -0.2) is 29.5 Å². The number of aryl methyl sites for hydroxylation is 1. The number of benzene rings is 1. The van der Waals surface area contributed by atoms with Gasteiger partial charge >= 0.3 is 7.60 Å². The van der Waals surface area contributed by atoms with Crippen LogP contribution in [0.25, 0.3) is 23.4 Å². The van der Waals surface area contributed by atoms with Gasteiger partial charge in [-0.3, -0.25) is 4.57 Å². The summed E-state index contributed by atoms with van der Waals surface area (Å²) in [5.41, 5.74) is 2.57. The number of hydrogen-bond donors (Lipinski definition) is 2. The summed E-state index contributed by atoms with van der Waals surface area (Å²) >= 11 is 0. The van der Waals surface area contributed by atoms with Crippen molar-refractivity contribution in [2.24, 2.45) is 0 Å². The highest BCUT2D eigenvalue weighted by Gasteiger charge is 2.15. The molecule has 0 aliphatic heterocycles. The van der Waals surface area contributed by atoms with Crippen molar-refractivity contribution in [2.75, 3.05) is 0 Å². The van der Waals surface area contributed by atoms with Crippen molar-refractivity contribution in [3.63, 3.8) is 0 Å². The smallest absolute Gasteiger partial charge is 0.349 e. The van der Waals surface area contributed by atoms with Crippen molar-refractivity contribution < 1.29 is 32.7 Å². The summed E-state index contributed by atoms with van der Waals surface area (Å²) in [5.74, 6) is 2.97. The molecule has 5 aromatic rings. The number of furan rings is 1. The SMILES string of the molecule is Cc1oc(-c2ccco2)nc1COc1ccc(COc2nn(-c3ccccc3)cc2C=CP(=O)(O)O)cn1. The molecular formula is C26H23N4O7P. The van der Waals surface area contributed by atoms with Crippen LogP contribution >= 0.6 is 7.60 Å². The Kier molecular flexibility index (Phi) is 7.23. The third-order valence-corrected chi connectivity index (χ3v) is 5.87. The molecule has 0 spiro atoms. The van der Waals surface area contributed by atoms with Crippen LogP contribution in [0.15, 0.2) is 87.9 Å². The lowest BCUT2D eigenvalue weighted by atomic mass is 10.3. The van der Waals surface area contributed by atoms with Crippen molar-refractivity contribution in [1.82, 2.24) is 19.7 Å². The van der Waals surface area contributed by atoms with Gasteiger partial charge in [-0.05, 0) is 43.3 Å². The maximum Gasteiger partial charge on any atom is 0.349 e. The number of oxazole rings is 1. The molecule has 0 amide bonds. The summed E-state index contributed by atoms with van der Waals surface area (Å²) in [6, 6.07) is 16.3. The molecular weight excluding hydrogens is 511 g/mol. The fourth-order valence-electron chi connectivity index (χ4n) is 3.43. The van der Waals surface area contributed by atoms with Gasteiger partial charge in [0.25, 0.3) is 5.89 Å². The van der Waals surface area contributed by atoms with E-state index in [0.29, 0.717) is 34.5 Å². The molecule has 4 heterocycles. The van der Waals surface area contributed by atoms with E-state index in [9.17, 15) is 14.4 Å². The Bertz CT molecular complexity index is 1570. The summed E-state index contributed by atoms with van der Waals surface area (Å²) in [5, 5.41) is 4.43. The largest absolute Gasteiger partial charge is 0.471 e. The highest BCUT2D eigenvalue weighted by atomic mass is 31.2. The number of rotatable bonds is 10. The Hall–Kier alpha value is -4.44. The van der Waals surface area contributed by atoms with E-state index in [1.54, 1.807) is 54.5 Å². The van der Waals surface area contributed by atoms with Gasteiger partial charge in [0, 0.05) is 29.8 Å². The summed E-state index contributed by atoms with van der Waals surface area (Å²) < 4.78 is 35.5. The predicted molar refractivity (Wildman–Crippen MR) is 136 cm³/mol. The minimum Gasteiger partial charge on any atom is -0.471 e. The van der Waals surface area contributed by atoms with Crippen LogP contribution in [0.1, 0.15) is 22.6 Å². The van der Waals surface area contributed by atoms with Gasteiger partial charge in [0.15, 0.2) is 5.76 Å². The zero-order valence-electron chi connectivity index (χ0n) is 20.2. The predicted octanol–water partition coefficient (Wildman–Crippen LogP) is 5.13. The lowest BCUT2D eigenvalue weighted by Crippen LogP contribution is -2.01. The minimum atomic E-state index is -4.35. The van der Waals surface area contributed by atoms with Crippen LogP contribution in [0.2, 0.25) is 0 Å². The van der Waals surface area contributed by atoms with E-state index in [1.165, 1.54) is 6.08 Å². The van der Waals surface area contributed by atoms with Gasteiger partial charge in [0.05, 0.1) is 17.5 Å². The first-order chi connectivity index (χ1) is 18.3.